The van der Waals surface area contributed by atoms with E-state index in [1.807, 2.05) is 0 Å². The lowest BCUT2D eigenvalue weighted by Crippen LogP contribution is -2.39. The maximum Gasteiger partial charge on any atom is 0.416 e. The second-order valence-electron chi connectivity index (χ2n) is 5.43. The van der Waals surface area contributed by atoms with E-state index >= 15 is 0 Å². The van der Waals surface area contributed by atoms with Crippen molar-refractivity contribution >= 4 is 0 Å². The van der Waals surface area contributed by atoms with Gasteiger partial charge in [-0.05, 0) is 57.7 Å². The van der Waals surface area contributed by atoms with Crippen LogP contribution in [-0.4, -0.2) is 38.1 Å². The van der Waals surface area contributed by atoms with Crippen LogP contribution in [0.25, 0.3) is 0 Å². The quantitative estimate of drug-likeness (QED) is 0.870. The molecule has 1 aromatic rings. The Hall–Kier alpha value is -1.47. The molecule has 4 nitrogen and oxygen atoms in total. The van der Waals surface area contributed by atoms with Gasteiger partial charge in [0.2, 0.25) is 0 Å². The lowest BCUT2D eigenvalue weighted by atomic mass is 10.1. The van der Waals surface area contributed by atoms with Gasteiger partial charge in [0.1, 0.15) is 6.54 Å². The molecule has 1 aromatic carbocycles. The van der Waals surface area contributed by atoms with Crippen LogP contribution in [0.5, 0.6) is 0 Å². The highest BCUT2D eigenvalue weighted by Gasteiger charge is 2.29. The number of benzene rings is 1. The van der Waals surface area contributed by atoms with Gasteiger partial charge in [0, 0.05) is 6.04 Å². The van der Waals surface area contributed by atoms with E-state index < -0.39 is 11.7 Å². The van der Waals surface area contributed by atoms with Crippen LogP contribution in [0, 0.1) is 4.91 Å². The Kier molecular flexibility index (Phi) is 7.47. The maximum atomic E-state index is 12.0. The van der Waals surface area contributed by atoms with E-state index in [-0.39, 0.29) is 6.54 Å². The van der Waals surface area contributed by atoms with Crippen molar-refractivity contribution in [2.75, 3.05) is 27.2 Å². The molecule has 22 heavy (non-hydrogen) atoms. The van der Waals surface area contributed by atoms with Crippen molar-refractivity contribution in [3.8, 4) is 0 Å². The SMILES string of the molecule is CN(C)C1CCNCC1.O=NCc1ccc(C(F)(F)F)cc1. The molecule has 0 aliphatic carbocycles. The molecule has 7 heteroatoms. The van der Waals surface area contributed by atoms with Crippen LogP contribution < -0.4 is 5.32 Å². The van der Waals surface area contributed by atoms with Gasteiger partial charge in [-0.1, -0.05) is 17.3 Å². The first-order valence-corrected chi connectivity index (χ1v) is 7.17. The number of hydrogen-bond donors (Lipinski definition) is 1. The van der Waals surface area contributed by atoms with E-state index in [0.29, 0.717) is 5.56 Å². The summed E-state index contributed by atoms with van der Waals surface area (Å²) < 4.78 is 36.1. The summed E-state index contributed by atoms with van der Waals surface area (Å²) in [7, 11) is 4.33. The summed E-state index contributed by atoms with van der Waals surface area (Å²) in [5.41, 5.74) is -0.245. The zero-order valence-corrected chi connectivity index (χ0v) is 12.9. The number of alkyl halides is 3. The van der Waals surface area contributed by atoms with E-state index in [1.54, 1.807) is 0 Å². The molecule has 1 saturated heterocycles. The Labute approximate surface area is 128 Å². The summed E-state index contributed by atoms with van der Waals surface area (Å²) in [6.45, 7) is 2.30. The van der Waals surface area contributed by atoms with E-state index in [4.69, 9.17) is 0 Å². The van der Waals surface area contributed by atoms with Crippen LogP contribution in [0.15, 0.2) is 29.4 Å². The third-order valence-electron chi connectivity index (χ3n) is 3.57. The number of nitroso groups, excluding NO2 is 1. The average molecular weight is 317 g/mol. The molecule has 0 radical (unpaired) electrons. The summed E-state index contributed by atoms with van der Waals surface area (Å²) in [6.07, 6.45) is -1.70. The average Bonchev–Trinajstić information content (AvgIpc) is 2.49. The minimum atomic E-state index is -4.33. The van der Waals surface area contributed by atoms with Gasteiger partial charge in [0.25, 0.3) is 0 Å². The van der Waals surface area contributed by atoms with E-state index in [0.717, 1.165) is 18.2 Å². The summed E-state index contributed by atoms with van der Waals surface area (Å²) >= 11 is 0. The predicted molar refractivity (Wildman–Crippen MR) is 80.5 cm³/mol. The standard InChI is InChI=1S/C8H6F3NO.C7H16N2/c9-8(10,11)7-3-1-6(2-4-7)5-12-13;1-9(2)7-3-5-8-6-4-7/h1-4H,5H2;7-8H,3-6H2,1-2H3. The van der Waals surface area contributed by atoms with Crippen LogP contribution in [0.3, 0.4) is 0 Å². The fraction of sp³-hybridized carbons (Fsp3) is 0.600. The molecule has 1 aliphatic heterocycles. The van der Waals surface area contributed by atoms with Gasteiger partial charge in [-0.3, -0.25) is 0 Å². The smallest absolute Gasteiger partial charge is 0.317 e. The molecule has 1 N–H and O–H groups in total. The molecule has 0 bridgehead atoms. The van der Waals surface area contributed by atoms with Crippen molar-refractivity contribution in [1.82, 2.24) is 10.2 Å². The van der Waals surface area contributed by atoms with Gasteiger partial charge in [-0.15, -0.1) is 0 Å². The van der Waals surface area contributed by atoms with Crippen molar-refractivity contribution in [2.24, 2.45) is 5.18 Å². The zero-order valence-electron chi connectivity index (χ0n) is 12.9. The van der Waals surface area contributed by atoms with Crippen molar-refractivity contribution in [3.05, 3.63) is 40.3 Å². The van der Waals surface area contributed by atoms with Gasteiger partial charge in [-0.2, -0.15) is 18.1 Å². The molecule has 1 fully saturated rings. The normalized spacial score (nSPS) is 16.1. The number of nitrogens with one attached hydrogen (secondary N) is 1. The number of hydrogen-bond acceptors (Lipinski definition) is 4. The molecular formula is C15H22F3N3O. The van der Waals surface area contributed by atoms with E-state index in [2.05, 4.69) is 29.5 Å². The number of piperidine rings is 1. The van der Waals surface area contributed by atoms with Crippen molar-refractivity contribution in [2.45, 2.75) is 31.6 Å². The molecule has 124 valence electrons. The number of halogens is 3. The Balaban J connectivity index is 0.000000235. The van der Waals surface area contributed by atoms with E-state index in [9.17, 15) is 18.1 Å². The highest BCUT2D eigenvalue weighted by Crippen LogP contribution is 2.29. The molecule has 0 unspecified atom stereocenters. The fourth-order valence-electron chi connectivity index (χ4n) is 2.20. The van der Waals surface area contributed by atoms with Gasteiger partial charge in [0.15, 0.2) is 0 Å². The molecule has 1 heterocycles. The van der Waals surface area contributed by atoms with Crippen LogP contribution >= 0.6 is 0 Å². The minimum absolute atomic E-state index is 0.0991. The Morgan fingerprint density at radius 1 is 1.18 bits per heavy atom. The first kappa shape index (κ1) is 18.6. The predicted octanol–water partition coefficient (Wildman–Crippen LogP) is 3.27. The summed E-state index contributed by atoms with van der Waals surface area (Å²) in [5.74, 6) is 0. The highest BCUT2D eigenvalue weighted by molar-refractivity contribution is 5.24. The summed E-state index contributed by atoms with van der Waals surface area (Å²) in [6, 6.07) is 5.17. The lowest BCUT2D eigenvalue weighted by Gasteiger charge is -2.28. The fourth-order valence-corrected chi connectivity index (χ4v) is 2.20. The highest BCUT2D eigenvalue weighted by atomic mass is 19.4. The molecule has 0 spiro atoms. The topological polar surface area (TPSA) is 44.7 Å². The summed E-state index contributed by atoms with van der Waals surface area (Å²) in [5, 5.41) is 5.91. The van der Waals surface area contributed by atoms with Crippen molar-refractivity contribution in [3.63, 3.8) is 0 Å². The maximum absolute atomic E-state index is 12.0. The second-order valence-corrected chi connectivity index (χ2v) is 5.43. The van der Waals surface area contributed by atoms with Gasteiger partial charge < -0.3 is 10.2 Å². The second kappa shape index (κ2) is 8.85. The monoisotopic (exact) mass is 317 g/mol. The van der Waals surface area contributed by atoms with Crippen molar-refractivity contribution < 1.29 is 13.2 Å². The minimum Gasteiger partial charge on any atom is -0.317 e. The van der Waals surface area contributed by atoms with Crippen molar-refractivity contribution in [1.29, 1.82) is 0 Å². The molecule has 0 amide bonds. The third-order valence-corrected chi connectivity index (χ3v) is 3.57. The van der Waals surface area contributed by atoms with Gasteiger partial charge >= 0.3 is 6.18 Å². The molecule has 1 aliphatic rings. The molecular weight excluding hydrogens is 295 g/mol. The Morgan fingerprint density at radius 3 is 2.09 bits per heavy atom. The first-order chi connectivity index (χ1) is 10.3. The molecule has 0 saturated carbocycles. The number of rotatable bonds is 3. The Bertz CT molecular complexity index is 440. The van der Waals surface area contributed by atoms with E-state index in [1.165, 1.54) is 38.1 Å². The molecule has 0 atom stereocenters. The molecule has 0 aromatic heterocycles. The van der Waals surface area contributed by atoms with Gasteiger partial charge in [0.05, 0.1) is 5.56 Å². The van der Waals surface area contributed by atoms with Crippen LogP contribution in [0.2, 0.25) is 0 Å². The van der Waals surface area contributed by atoms with Gasteiger partial charge in [-0.25, -0.2) is 0 Å². The van der Waals surface area contributed by atoms with Crippen LogP contribution in [0.1, 0.15) is 24.0 Å². The van der Waals surface area contributed by atoms with Crippen LogP contribution in [0.4, 0.5) is 13.2 Å². The summed E-state index contributed by atoms with van der Waals surface area (Å²) in [4.78, 5) is 12.1. The lowest BCUT2D eigenvalue weighted by molar-refractivity contribution is -0.137. The largest absolute Gasteiger partial charge is 0.416 e. The third kappa shape index (κ3) is 6.53. The Morgan fingerprint density at radius 2 is 1.73 bits per heavy atom. The molecule has 2 rings (SSSR count). The zero-order chi connectivity index (χ0) is 16.6. The number of nitrogens with zero attached hydrogens (tertiary/aromatic N) is 2. The first-order valence-electron chi connectivity index (χ1n) is 7.17. The van der Waals surface area contributed by atoms with Crippen LogP contribution in [-0.2, 0) is 12.7 Å².